The van der Waals surface area contributed by atoms with Gasteiger partial charge >= 0.3 is 6.09 Å². The molecule has 0 radical (unpaired) electrons. The number of benzene rings is 1. The highest BCUT2D eigenvalue weighted by Crippen LogP contribution is 2.27. The average molecular weight is 360 g/mol. The van der Waals surface area contributed by atoms with Gasteiger partial charge in [-0.25, -0.2) is 9.18 Å². The monoisotopic (exact) mass is 360 g/mol. The Morgan fingerprint density at radius 3 is 2.35 bits per heavy atom. The topological polar surface area (TPSA) is 51.7 Å². The van der Waals surface area contributed by atoms with Gasteiger partial charge in [-0.05, 0) is 58.9 Å². The molecule has 5 nitrogen and oxygen atoms in total. The van der Waals surface area contributed by atoms with Crippen molar-refractivity contribution in [2.45, 2.75) is 46.8 Å². The maximum Gasteiger partial charge on any atom is 0.415 e. The lowest BCUT2D eigenvalue weighted by atomic mass is 10.1. The first kappa shape index (κ1) is 19.7. The Balaban J connectivity index is 2.42. The molecule has 1 aromatic carbocycles. The van der Waals surface area contributed by atoms with E-state index in [1.165, 1.54) is 17.0 Å². The first-order chi connectivity index (χ1) is 12.1. The smallest absolute Gasteiger partial charge is 0.415 e. The SMILES string of the molecule is COc1c(C)cnc(CN(C(=O)OC(C)(C)C)c2ccc(F)cc2)c1C. The quantitative estimate of drug-likeness (QED) is 0.787. The molecule has 0 N–H and O–H groups in total. The number of ether oxygens (including phenoxy) is 2. The fourth-order valence-corrected chi connectivity index (χ4v) is 2.58. The molecule has 1 aromatic heterocycles. The highest BCUT2D eigenvalue weighted by atomic mass is 19.1. The number of halogens is 1. The summed E-state index contributed by atoms with van der Waals surface area (Å²) in [5.74, 6) is 0.363. The third kappa shape index (κ3) is 4.71. The van der Waals surface area contributed by atoms with Crippen molar-refractivity contribution in [3.63, 3.8) is 0 Å². The predicted molar refractivity (Wildman–Crippen MR) is 99.1 cm³/mol. The lowest BCUT2D eigenvalue weighted by molar-refractivity contribution is 0.0577. The molecule has 2 aromatic rings. The number of methoxy groups -OCH3 is 1. The van der Waals surface area contributed by atoms with Crippen molar-refractivity contribution < 1.29 is 18.7 Å². The maximum absolute atomic E-state index is 13.3. The van der Waals surface area contributed by atoms with Gasteiger partial charge in [-0.15, -0.1) is 0 Å². The van der Waals surface area contributed by atoms with Crippen LogP contribution >= 0.6 is 0 Å². The Morgan fingerprint density at radius 2 is 1.81 bits per heavy atom. The van der Waals surface area contributed by atoms with Gasteiger partial charge in [-0.3, -0.25) is 9.88 Å². The molecule has 0 saturated heterocycles. The number of pyridine rings is 1. The Bertz CT molecular complexity index is 783. The normalized spacial score (nSPS) is 11.2. The van der Waals surface area contributed by atoms with Gasteiger partial charge in [0.2, 0.25) is 0 Å². The van der Waals surface area contributed by atoms with Crippen LogP contribution in [0.15, 0.2) is 30.5 Å². The lowest BCUT2D eigenvalue weighted by Crippen LogP contribution is -2.37. The third-order valence-electron chi connectivity index (χ3n) is 3.81. The summed E-state index contributed by atoms with van der Waals surface area (Å²) in [7, 11) is 1.60. The molecule has 0 bridgehead atoms. The second-order valence-corrected chi connectivity index (χ2v) is 7.09. The van der Waals surface area contributed by atoms with Crippen LogP contribution in [-0.4, -0.2) is 23.8 Å². The number of hydrogen-bond donors (Lipinski definition) is 0. The Hall–Kier alpha value is -2.63. The fourth-order valence-electron chi connectivity index (χ4n) is 2.58. The minimum absolute atomic E-state index is 0.184. The number of rotatable bonds is 4. The van der Waals surface area contributed by atoms with Gasteiger partial charge in [0.05, 0.1) is 19.3 Å². The number of aromatic nitrogens is 1. The second-order valence-electron chi connectivity index (χ2n) is 7.09. The average Bonchev–Trinajstić information content (AvgIpc) is 2.54. The van der Waals surface area contributed by atoms with Gasteiger partial charge in [0.15, 0.2) is 0 Å². The van der Waals surface area contributed by atoms with Crippen LogP contribution in [-0.2, 0) is 11.3 Å². The van der Waals surface area contributed by atoms with E-state index in [9.17, 15) is 9.18 Å². The van der Waals surface area contributed by atoms with Crippen molar-refractivity contribution in [2.24, 2.45) is 0 Å². The van der Waals surface area contributed by atoms with Gasteiger partial charge in [0, 0.05) is 23.0 Å². The molecule has 140 valence electrons. The Morgan fingerprint density at radius 1 is 1.19 bits per heavy atom. The standard InChI is InChI=1S/C20H25FN2O3/c1-13-11-22-17(14(2)18(13)25-6)12-23(19(24)26-20(3,4)5)16-9-7-15(21)8-10-16/h7-11H,12H2,1-6H3. The van der Waals surface area contributed by atoms with Crippen molar-refractivity contribution >= 4 is 11.8 Å². The summed E-state index contributed by atoms with van der Waals surface area (Å²) in [6, 6.07) is 5.70. The first-order valence-corrected chi connectivity index (χ1v) is 8.37. The fraction of sp³-hybridized carbons (Fsp3) is 0.400. The summed E-state index contributed by atoms with van der Waals surface area (Å²) < 4.78 is 24.2. The van der Waals surface area contributed by atoms with Crippen LogP contribution in [0.25, 0.3) is 0 Å². The molecule has 26 heavy (non-hydrogen) atoms. The number of nitrogens with zero attached hydrogens (tertiary/aromatic N) is 2. The first-order valence-electron chi connectivity index (χ1n) is 8.37. The molecule has 0 unspecified atom stereocenters. The molecular weight excluding hydrogens is 335 g/mol. The van der Waals surface area contributed by atoms with Crippen molar-refractivity contribution in [3.05, 3.63) is 53.1 Å². The number of hydrogen-bond acceptors (Lipinski definition) is 4. The van der Waals surface area contributed by atoms with E-state index in [2.05, 4.69) is 4.98 Å². The molecule has 0 aliphatic rings. The summed E-state index contributed by atoms with van der Waals surface area (Å²) in [5.41, 5.74) is 2.33. The number of anilines is 1. The van der Waals surface area contributed by atoms with Crippen molar-refractivity contribution in [3.8, 4) is 5.75 Å². The summed E-state index contributed by atoms with van der Waals surface area (Å²) in [6.45, 7) is 9.38. The summed E-state index contributed by atoms with van der Waals surface area (Å²) >= 11 is 0. The van der Waals surface area contributed by atoms with E-state index in [1.807, 2.05) is 13.8 Å². The third-order valence-corrected chi connectivity index (χ3v) is 3.81. The van der Waals surface area contributed by atoms with Gasteiger partial charge in [0.25, 0.3) is 0 Å². The number of amides is 1. The van der Waals surface area contributed by atoms with E-state index >= 15 is 0 Å². The molecule has 0 aliphatic heterocycles. The van der Waals surface area contributed by atoms with Crippen LogP contribution in [0, 0.1) is 19.7 Å². The van der Waals surface area contributed by atoms with E-state index < -0.39 is 11.7 Å². The molecule has 0 atom stereocenters. The predicted octanol–water partition coefficient (Wildman–Crippen LogP) is 4.79. The highest BCUT2D eigenvalue weighted by molar-refractivity contribution is 5.87. The van der Waals surface area contributed by atoms with E-state index in [0.29, 0.717) is 11.4 Å². The number of carbonyl (C=O) groups excluding carboxylic acids is 1. The zero-order chi connectivity index (χ0) is 19.5. The van der Waals surface area contributed by atoms with Gasteiger partial charge in [-0.1, -0.05) is 0 Å². The van der Waals surface area contributed by atoms with Crippen molar-refractivity contribution in [2.75, 3.05) is 12.0 Å². The Kier molecular flexibility index (Phi) is 5.85. The summed E-state index contributed by atoms with van der Waals surface area (Å²) in [4.78, 5) is 18.6. The minimum Gasteiger partial charge on any atom is -0.496 e. The summed E-state index contributed by atoms with van der Waals surface area (Å²) in [5, 5.41) is 0. The van der Waals surface area contributed by atoms with Crippen LogP contribution in [0.1, 0.15) is 37.6 Å². The molecule has 6 heteroatoms. The number of carbonyl (C=O) groups is 1. The van der Waals surface area contributed by atoms with Crippen LogP contribution in [0.3, 0.4) is 0 Å². The van der Waals surface area contributed by atoms with E-state index in [0.717, 1.165) is 16.9 Å². The van der Waals surface area contributed by atoms with Crippen LogP contribution in [0.5, 0.6) is 5.75 Å². The van der Waals surface area contributed by atoms with Gasteiger partial charge < -0.3 is 9.47 Å². The van der Waals surface area contributed by atoms with Crippen molar-refractivity contribution in [1.82, 2.24) is 4.98 Å². The lowest BCUT2D eigenvalue weighted by Gasteiger charge is -2.28. The van der Waals surface area contributed by atoms with E-state index in [1.54, 1.807) is 46.2 Å². The largest absolute Gasteiger partial charge is 0.496 e. The molecule has 1 amide bonds. The van der Waals surface area contributed by atoms with Crippen LogP contribution in [0.2, 0.25) is 0 Å². The molecular formula is C20H25FN2O3. The molecule has 0 aliphatic carbocycles. The second kappa shape index (κ2) is 7.72. The maximum atomic E-state index is 13.3. The number of aryl methyl sites for hydroxylation is 1. The zero-order valence-corrected chi connectivity index (χ0v) is 16.1. The van der Waals surface area contributed by atoms with E-state index in [-0.39, 0.29) is 12.4 Å². The highest BCUT2D eigenvalue weighted by Gasteiger charge is 2.25. The minimum atomic E-state index is -0.650. The molecule has 1 heterocycles. The van der Waals surface area contributed by atoms with Crippen LogP contribution < -0.4 is 9.64 Å². The van der Waals surface area contributed by atoms with E-state index in [4.69, 9.17) is 9.47 Å². The zero-order valence-electron chi connectivity index (χ0n) is 16.1. The molecule has 0 fully saturated rings. The molecule has 2 rings (SSSR count). The van der Waals surface area contributed by atoms with Gasteiger partial charge in [0.1, 0.15) is 17.2 Å². The summed E-state index contributed by atoms with van der Waals surface area (Å²) in [6.07, 6.45) is 1.18. The Labute approximate surface area is 153 Å². The van der Waals surface area contributed by atoms with Crippen molar-refractivity contribution in [1.29, 1.82) is 0 Å². The molecule has 0 spiro atoms. The molecule has 0 saturated carbocycles. The van der Waals surface area contributed by atoms with Gasteiger partial charge in [-0.2, -0.15) is 0 Å². The van der Waals surface area contributed by atoms with Crippen LogP contribution in [0.4, 0.5) is 14.9 Å².